The number of rotatable bonds is 7. The van der Waals surface area contributed by atoms with Crippen molar-refractivity contribution in [2.45, 2.75) is 9.79 Å². The maximum absolute atomic E-state index is 12.5. The van der Waals surface area contributed by atoms with Gasteiger partial charge in [-0.25, -0.2) is 0 Å². The maximum atomic E-state index is 12.5. The Bertz CT molecular complexity index is 2270. The summed E-state index contributed by atoms with van der Waals surface area (Å²) in [6, 6.07) is 27.1. The number of hydrogen-bond acceptors (Lipinski definition) is 10. The molecule has 6 aromatic carbocycles. The molecule has 0 aliphatic carbocycles. The van der Waals surface area contributed by atoms with Gasteiger partial charge < -0.3 is 10.2 Å². The van der Waals surface area contributed by atoms with E-state index in [4.69, 9.17) is 0 Å². The molecular weight excluding hydrogens is 678 g/mol. The minimum absolute atomic E-state index is 0. The molecule has 0 saturated carbocycles. The second-order valence-corrected chi connectivity index (χ2v) is 12.9. The third-order valence-corrected chi connectivity index (χ3v) is 8.75. The quantitative estimate of drug-likeness (QED) is 0.140. The Balaban J connectivity index is 0.00000260. The zero-order valence-electron chi connectivity index (χ0n) is 25.3. The molecule has 0 bridgehead atoms. The molecule has 0 aliphatic heterocycles. The predicted octanol–water partition coefficient (Wildman–Crippen LogP) is 1.14. The van der Waals surface area contributed by atoms with E-state index in [9.17, 15) is 36.2 Å². The smallest absolute Gasteiger partial charge is 0.871 e. The summed E-state index contributed by atoms with van der Waals surface area (Å²) in [7, 11) is -8.81. The Morgan fingerprint density at radius 2 is 0.812 bits per heavy atom. The Hall–Kier alpha value is -3.54. The van der Waals surface area contributed by atoms with Crippen molar-refractivity contribution in [3.05, 3.63) is 109 Å². The number of nitrogens with zero attached hydrogens (tertiary/aromatic N) is 4. The molecular formula is C32H20N4Na2O8S2. The van der Waals surface area contributed by atoms with E-state index in [0.717, 1.165) is 11.1 Å². The van der Waals surface area contributed by atoms with Crippen LogP contribution in [-0.4, -0.2) is 25.9 Å². The van der Waals surface area contributed by atoms with Gasteiger partial charge in [-0.05, 0) is 70.4 Å². The average molecular weight is 699 g/mol. The molecule has 0 aliphatic rings. The molecule has 0 aromatic heterocycles. The Labute approximate surface area is 319 Å². The third-order valence-electron chi connectivity index (χ3n) is 7.05. The summed E-state index contributed by atoms with van der Waals surface area (Å²) >= 11 is 0. The van der Waals surface area contributed by atoms with E-state index in [2.05, 4.69) is 20.5 Å². The molecule has 12 nitrogen and oxygen atoms in total. The van der Waals surface area contributed by atoms with Gasteiger partial charge in [0.2, 0.25) is 0 Å². The van der Waals surface area contributed by atoms with Crippen molar-refractivity contribution >= 4 is 64.5 Å². The van der Waals surface area contributed by atoms with Crippen LogP contribution in [0.4, 0.5) is 22.7 Å². The topological polar surface area (TPSA) is 204 Å². The summed E-state index contributed by atoms with van der Waals surface area (Å²) in [5, 5.41) is 43.1. The van der Waals surface area contributed by atoms with Gasteiger partial charge in [0.05, 0.1) is 32.5 Å². The van der Waals surface area contributed by atoms with E-state index >= 15 is 0 Å². The first-order valence-corrected chi connectivity index (χ1v) is 16.2. The van der Waals surface area contributed by atoms with E-state index in [1.165, 1.54) is 60.7 Å². The van der Waals surface area contributed by atoms with Crippen LogP contribution in [0.1, 0.15) is 0 Å². The fourth-order valence-electron chi connectivity index (χ4n) is 4.73. The zero-order chi connectivity index (χ0) is 32.6. The zero-order valence-corrected chi connectivity index (χ0v) is 31.0. The van der Waals surface area contributed by atoms with Crippen LogP contribution in [0.2, 0.25) is 0 Å². The summed E-state index contributed by atoms with van der Waals surface area (Å²) in [6.07, 6.45) is 0. The monoisotopic (exact) mass is 698 g/mol. The van der Waals surface area contributed by atoms with E-state index < -0.39 is 31.7 Å². The number of benzene rings is 6. The normalized spacial score (nSPS) is 12.0. The molecule has 6 aromatic rings. The minimum Gasteiger partial charge on any atom is -0.871 e. The van der Waals surface area contributed by atoms with Crippen molar-refractivity contribution in [1.82, 2.24) is 0 Å². The van der Waals surface area contributed by atoms with Crippen LogP contribution >= 0.6 is 0 Å². The van der Waals surface area contributed by atoms with Crippen LogP contribution in [0.5, 0.6) is 11.5 Å². The van der Waals surface area contributed by atoms with Gasteiger partial charge in [-0.15, -0.1) is 0 Å². The van der Waals surface area contributed by atoms with Gasteiger partial charge in [0, 0.05) is 10.8 Å². The van der Waals surface area contributed by atoms with Crippen LogP contribution in [-0.2, 0) is 20.2 Å². The van der Waals surface area contributed by atoms with Crippen molar-refractivity contribution in [1.29, 1.82) is 0 Å². The van der Waals surface area contributed by atoms with Gasteiger partial charge in [-0.1, -0.05) is 72.2 Å². The first kappa shape index (κ1) is 37.3. The second-order valence-electron chi connectivity index (χ2n) is 10.0. The molecule has 0 saturated heterocycles. The van der Waals surface area contributed by atoms with Crippen molar-refractivity contribution < 1.29 is 95.3 Å². The van der Waals surface area contributed by atoms with Gasteiger partial charge in [0.1, 0.15) is 0 Å². The number of fused-ring (bicyclic) bond motifs is 2. The molecule has 48 heavy (non-hydrogen) atoms. The molecule has 230 valence electrons. The number of hydrogen-bond donors (Lipinski definition) is 2. The molecule has 0 heterocycles. The van der Waals surface area contributed by atoms with E-state index in [-0.39, 0.29) is 80.3 Å². The molecule has 16 heteroatoms. The summed E-state index contributed by atoms with van der Waals surface area (Å²) in [5.41, 5.74) is 2.69. The van der Waals surface area contributed by atoms with E-state index in [1.54, 1.807) is 24.3 Å². The van der Waals surface area contributed by atoms with Crippen molar-refractivity contribution in [2.24, 2.45) is 20.5 Å². The standard InChI is InChI=1S/C32H22N4O8S2.2Na/c37-29-15-5-21-17-25(45(39,40)41)11-13-27(21)31(29)35-33-23-7-1-19(2-8-23)20-3-9-24(10-4-20)34-36-32-28-14-12-26(46(42,43)44)18-22(28)6-16-30(32)38;;/h1-18,37-38H,(H,39,40,41)(H,42,43,44);;/q;2*+1/p-2. The second kappa shape index (κ2) is 14.9. The fraction of sp³-hybridized carbons (Fsp3) is 0. The fourth-order valence-corrected chi connectivity index (χ4v) is 5.76. The van der Waals surface area contributed by atoms with E-state index in [0.29, 0.717) is 32.9 Å². The molecule has 0 amide bonds. The van der Waals surface area contributed by atoms with Gasteiger partial charge >= 0.3 is 59.1 Å². The van der Waals surface area contributed by atoms with Crippen LogP contribution in [0.25, 0.3) is 32.7 Å². The van der Waals surface area contributed by atoms with Crippen LogP contribution in [0.3, 0.4) is 0 Å². The third kappa shape index (κ3) is 8.18. The average Bonchev–Trinajstić information content (AvgIpc) is 3.03. The molecule has 0 unspecified atom stereocenters. The summed E-state index contributed by atoms with van der Waals surface area (Å²) in [5.74, 6) is -0.800. The first-order valence-electron chi connectivity index (χ1n) is 13.3. The Morgan fingerprint density at radius 1 is 0.458 bits per heavy atom. The maximum Gasteiger partial charge on any atom is 1.00 e. The predicted molar refractivity (Wildman–Crippen MR) is 167 cm³/mol. The SMILES string of the molecule is O=S(=O)(O)c1ccc2c(N=Nc3ccc(-c4ccc(N=Nc5c([O-])ccc6cc(S(=O)(=O)O)ccc56)cc4)cc3)c([O-])ccc2c1.[Na+].[Na+]. The van der Waals surface area contributed by atoms with Crippen LogP contribution < -0.4 is 69.3 Å². The van der Waals surface area contributed by atoms with E-state index in [1.807, 2.05) is 24.3 Å². The van der Waals surface area contributed by atoms with Gasteiger partial charge in [0.15, 0.2) is 0 Å². The molecule has 0 fully saturated rings. The molecule has 6 rings (SSSR count). The Morgan fingerprint density at radius 3 is 1.15 bits per heavy atom. The van der Waals surface area contributed by atoms with Crippen molar-refractivity contribution in [3.8, 4) is 22.6 Å². The van der Waals surface area contributed by atoms with Crippen LogP contribution in [0.15, 0.2) is 139 Å². The van der Waals surface area contributed by atoms with Gasteiger partial charge in [-0.3, -0.25) is 9.11 Å². The summed E-state index contributed by atoms with van der Waals surface area (Å²) in [6.45, 7) is 0. The first-order chi connectivity index (χ1) is 21.9. The molecule has 0 atom stereocenters. The van der Waals surface area contributed by atoms with Crippen molar-refractivity contribution in [2.75, 3.05) is 0 Å². The molecule has 0 radical (unpaired) electrons. The van der Waals surface area contributed by atoms with Crippen molar-refractivity contribution in [3.63, 3.8) is 0 Å². The van der Waals surface area contributed by atoms with Gasteiger partial charge in [-0.2, -0.15) is 37.3 Å². The molecule has 2 N–H and O–H groups in total. The molecule has 0 spiro atoms. The number of azo groups is 2. The largest absolute Gasteiger partial charge is 1.00 e. The minimum atomic E-state index is -4.41. The van der Waals surface area contributed by atoms with Gasteiger partial charge in [0.25, 0.3) is 20.2 Å². The summed E-state index contributed by atoms with van der Waals surface area (Å²) in [4.78, 5) is -0.595. The summed E-state index contributed by atoms with van der Waals surface area (Å²) < 4.78 is 64.5. The Kier molecular flexibility index (Phi) is 11.6. The van der Waals surface area contributed by atoms with Crippen LogP contribution in [0, 0.1) is 0 Å².